The van der Waals surface area contributed by atoms with Crippen molar-refractivity contribution in [3.8, 4) is 0 Å². The lowest BCUT2D eigenvalue weighted by molar-refractivity contribution is -0.147. The lowest BCUT2D eigenvalue weighted by atomic mass is 9.94. The molecule has 0 saturated carbocycles. The van der Waals surface area contributed by atoms with Crippen LogP contribution in [0.5, 0.6) is 0 Å². The maximum Gasteiger partial charge on any atom is 0.406 e. The summed E-state index contributed by atoms with van der Waals surface area (Å²) < 4.78 is 70.3. The number of nitrogens with zero attached hydrogens (tertiary/aromatic N) is 2. The first kappa shape index (κ1) is 25.1. The molecule has 11 heteroatoms. The quantitative estimate of drug-likeness (QED) is 0.580. The molecule has 1 aliphatic heterocycles. The molecule has 7 nitrogen and oxygen atoms in total. The molecule has 1 amide bonds. The van der Waals surface area contributed by atoms with Crippen molar-refractivity contribution in [2.75, 3.05) is 33.3 Å². The highest BCUT2D eigenvalue weighted by molar-refractivity contribution is 7.89. The van der Waals surface area contributed by atoms with Crippen LogP contribution in [-0.4, -0.2) is 69.0 Å². The van der Waals surface area contributed by atoms with Gasteiger partial charge in [-0.2, -0.15) is 17.5 Å². The van der Waals surface area contributed by atoms with E-state index in [0.717, 1.165) is 13.5 Å². The van der Waals surface area contributed by atoms with Gasteiger partial charge in [-0.3, -0.25) is 9.59 Å². The number of sulfonamides is 1. The van der Waals surface area contributed by atoms with Crippen LogP contribution in [0, 0.1) is 11.8 Å². The van der Waals surface area contributed by atoms with Crippen molar-refractivity contribution in [2.24, 2.45) is 11.8 Å². The summed E-state index contributed by atoms with van der Waals surface area (Å²) in [5.41, 5.74) is -0.103. The third kappa shape index (κ3) is 6.93. The Balaban J connectivity index is 2.20. The number of esters is 1. The van der Waals surface area contributed by atoms with Crippen LogP contribution in [0.3, 0.4) is 0 Å². The summed E-state index contributed by atoms with van der Waals surface area (Å²) in [6, 6.07) is 4.82. The molecule has 1 saturated heterocycles. The van der Waals surface area contributed by atoms with Gasteiger partial charge in [-0.25, -0.2) is 8.42 Å². The first-order valence-corrected chi connectivity index (χ1v) is 11.3. The maximum absolute atomic E-state index is 12.9. The Kier molecular flexibility index (Phi) is 8.09. The molecule has 1 aliphatic rings. The van der Waals surface area contributed by atoms with Crippen LogP contribution in [0.15, 0.2) is 29.2 Å². The van der Waals surface area contributed by atoms with Crippen molar-refractivity contribution in [3.63, 3.8) is 0 Å². The molecular formula is C20H27F3N2O5S. The average Bonchev–Trinajstić information content (AvgIpc) is 2.68. The number of hydrogen-bond donors (Lipinski definition) is 0. The molecule has 0 bridgehead atoms. The van der Waals surface area contributed by atoms with Crippen LogP contribution in [0.2, 0.25) is 0 Å². The Hall–Kier alpha value is -2.14. The van der Waals surface area contributed by atoms with Crippen LogP contribution in [-0.2, 0) is 19.6 Å². The Labute approximate surface area is 180 Å². The minimum atomic E-state index is -4.66. The van der Waals surface area contributed by atoms with Crippen molar-refractivity contribution in [3.05, 3.63) is 29.8 Å². The zero-order valence-corrected chi connectivity index (χ0v) is 18.5. The molecule has 2 rings (SSSR count). The van der Waals surface area contributed by atoms with Gasteiger partial charge in [-0.15, -0.1) is 0 Å². The van der Waals surface area contributed by atoms with E-state index in [1.165, 1.54) is 28.6 Å². The summed E-state index contributed by atoms with van der Waals surface area (Å²) in [6.45, 7) is 2.72. The Morgan fingerprint density at radius 3 is 2.16 bits per heavy atom. The number of piperidine rings is 1. The molecule has 0 N–H and O–H groups in total. The topological polar surface area (TPSA) is 84.0 Å². The first-order chi connectivity index (χ1) is 14.3. The Morgan fingerprint density at radius 1 is 1.13 bits per heavy atom. The normalized spacial score (nSPS) is 20.3. The molecule has 2 atom stereocenters. The minimum Gasteiger partial charge on any atom is -0.469 e. The van der Waals surface area contributed by atoms with Gasteiger partial charge in [-0.1, -0.05) is 13.8 Å². The maximum atomic E-state index is 12.9. The van der Waals surface area contributed by atoms with E-state index in [2.05, 4.69) is 4.74 Å². The average molecular weight is 465 g/mol. The zero-order valence-electron chi connectivity index (χ0n) is 17.7. The molecule has 1 heterocycles. The molecule has 0 spiro atoms. The number of halogens is 3. The zero-order chi connectivity index (χ0) is 23.4. The number of benzene rings is 1. The molecule has 0 aromatic heterocycles. The van der Waals surface area contributed by atoms with Crippen molar-refractivity contribution >= 4 is 21.9 Å². The molecular weight excluding hydrogens is 437 g/mol. The van der Waals surface area contributed by atoms with Gasteiger partial charge in [-0.05, 0) is 42.5 Å². The van der Waals surface area contributed by atoms with Gasteiger partial charge in [0.15, 0.2) is 0 Å². The van der Waals surface area contributed by atoms with Crippen molar-refractivity contribution in [2.45, 2.75) is 37.8 Å². The Bertz CT molecular complexity index is 877. The molecule has 1 fully saturated rings. The molecule has 31 heavy (non-hydrogen) atoms. The SMILES string of the molecule is COC(=O)CCN(CC(F)(F)F)C(=O)c1ccc(S(=O)(=O)N2C[C@@H](C)C[C@H](C)C2)cc1. The summed E-state index contributed by atoms with van der Waals surface area (Å²) in [4.78, 5) is 24.3. The predicted octanol–water partition coefficient (Wildman–Crippen LogP) is 2.92. The van der Waals surface area contributed by atoms with Crippen molar-refractivity contribution in [1.29, 1.82) is 0 Å². The van der Waals surface area contributed by atoms with E-state index in [1.54, 1.807) is 0 Å². The van der Waals surface area contributed by atoms with E-state index < -0.39 is 47.6 Å². The van der Waals surface area contributed by atoms with Crippen molar-refractivity contribution < 1.29 is 35.9 Å². The number of hydrogen-bond acceptors (Lipinski definition) is 5. The van der Waals surface area contributed by atoms with E-state index in [1.807, 2.05) is 13.8 Å². The molecule has 0 unspecified atom stereocenters. The second-order valence-electron chi connectivity index (χ2n) is 7.96. The fourth-order valence-electron chi connectivity index (χ4n) is 3.70. The lowest BCUT2D eigenvalue weighted by Gasteiger charge is -2.34. The highest BCUT2D eigenvalue weighted by Crippen LogP contribution is 2.27. The molecule has 0 aliphatic carbocycles. The fraction of sp³-hybridized carbons (Fsp3) is 0.600. The number of rotatable bonds is 7. The standard InChI is InChI=1S/C20H27F3N2O5S/c1-14-10-15(2)12-25(11-14)31(28,29)17-6-4-16(5-7-17)19(27)24(13-20(21,22)23)9-8-18(26)30-3/h4-7,14-15H,8-13H2,1-3H3/t14-,15-/m0/s1. The van der Waals surface area contributed by atoms with Gasteiger partial charge >= 0.3 is 12.1 Å². The monoisotopic (exact) mass is 464 g/mol. The molecule has 1 aromatic carbocycles. The predicted molar refractivity (Wildman–Crippen MR) is 107 cm³/mol. The third-order valence-electron chi connectivity index (χ3n) is 5.05. The van der Waals surface area contributed by atoms with Gasteiger partial charge in [0, 0.05) is 25.2 Å². The molecule has 174 valence electrons. The number of methoxy groups -OCH3 is 1. The highest BCUT2D eigenvalue weighted by atomic mass is 32.2. The Morgan fingerprint density at radius 2 is 1.68 bits per heavy atom. The summed E-state index contributed by atoms with van der Waals surface area (Å²) >= 11 is 0. The van der Waals surface area contributed by atoms with E-state index in [4.69, 9.17) is 0 Å². The smallest absolute Gasteiger partial charge is 0.406 e. The minimum absolute atomic E-state index is 0.0257. The van der Waals surface area contributed by atoms with Gasteiger partial charge in [0.2, 0.25) is 10.0 Å². The number of ether oxygens (including phenoxy) is 1. The third-order valence-corrected chi connectivity index (χ3v) is 6.89. The van der Waals surface area contributed by atoms with E-state index in [0.29, 0.717) is 18.0 Å². The van der Waals surface area contributed by atoms with Gasteiger partial charge in [0.25, 0.3) is 5.91 Å². The fourth-order valence-corrected chi connectivity index (χ4v) is 5.38. The van der Waals surface area contributed by atoms with E-state index >= 15 is 0 Å². The molecule has 0 radical (unpaired) electrons. The largest absolute Gasteiger partial charge is 0.469 e. The van der Waals surface area contributed by atoms with Crippen molar-refractivity contribution in [1.82, 2.24) is 9.21 Å². The lowest BCUT2D eigenvalue weighted by Crippen LogP contribution is -2.42. The summed E-state index contributed by atoms with van der Waals surface area (Å²) in [5, 5.41) is 0. The molecule has 1 aromatic rings. The van der Waals surface area contributed by atoms with Crippen LogP contribution >= 0.6 is 0 Å². The summed E-state index contributed by atoms with van der Waals surface area (Å²) in [5.74, 6) is -1.27. The summed E-state index contributed by atoms with van der Waals surface area (Å²) in [7, 11) is -2.68. The second-order valence-corrected chi connectivity index (χ2v) is 9.90. The van der Waals surface area contributed by atoms with Crippen LogP contribution in [0.25, 0.3) is 0 Å². The van der Waals surface area contributed by atoms with Gasteiger partial charge < -0.3 is 9.64 Å². The van der Waals surface area contributed by atoms with Crippen LogP contribution < -0.4 is 0 Å². The number of carbonyl (C=O) groups is 2. The van der Waals surface area contributed by atoms with E-state index in [9.17, 15) is 31.2 Å². The highest BCUT2D eigenvalue weighted by Gasteiger charge is 2.34. The van der Waals surface area contributed by atoms with Crippen LogP contribution in [0.4, 0.5) is 13.2 Å². The van der Waals surface area contributed by atoms with E-state index in [-0.39, 0.29) is 22.3 Å². The first-order valence-electron chi connectivity index (χ1n) is 9.86. The van der Waals surface area contributed by atoms with Crippen LogP contribution in [0.1, 0.15) is 37.0 Å². The number of amides is 1. The second kappa shape index (κ2) is 9.99. The summed E-state index contributed by atoms with van der Waals surface area (Å²) in [6.07, 6.45) is -4.12. The van der Waals surface area contributed by atoms with Gasteiger partial charge in [0.1, 0.15) is 6.54 Å². The number of alkyl halides is 3. The number of carbonyl (C=O) groups excluding carboxylic acids is 2. The van der Waals surface area contributed by atoms with Gasteiger partial charge in [0.05, 0.1) is 18.4 Å².